The lowest BCUT2D eigenvalue weighted by Crippen LogP contribution is -2.25. The van der Waals surface area contributed by atoms with Crippen LogP contribution in [0.4, 0.5) is 0 Å². The highest BCUT2D eigenvalue weighted by atomic mass is 35.5. The third-order valence-electron chi connectivity index (χ3n) is 5.07. The lowest BCUT2D eigenvalue weighted by atomic mass is 10.1. The predicted molar refractivity (Wildman–Crippen MR) is 136 cm³/mol. The maximum atomic E-state index is 12.6. The lowest BCUT2D eigenvalue weighted by molar-refractivity contribution is -0.112. The minimum Gasteiger partial charge on any atom is -0.293 e. The predicted octanol–water partition coefficient (Wildman–Crippen LogP) is 5.62. The molecule has 0 unspecified atom stereocenters. The van der Waals surface area contributed by atoms with Crippen LogP contribution in [0.15, 0.2) is 125 Å². The highest BCUT2D eigenvalue weighted by molar-refractivity contribution is 7.87. The molecule has 0 amide bonds. The van der Waals surface area contributed by atoms with E-state index in [1.807, 2.05) is 66.7 Å². The van der Waals surface area contributed by atoms with Gasteiger partial charge in [-0.1, -0.05) is 115 Å². The highest BCUT2D eigenvalue weighted by Crippen LogP contribution is 2.46. The van der Waals surface area contributed by atoms with E-state index in [-0.39, 0.29) is 12.2 Å². The Balaban J connectivity index is 1.80. The van der Waals surface area contributed by atoms with Gasteiger partial charge < -0.3 is 0 Å². The quantitative estimate of drug-likeness (QED) is 0.202. The van der Waals surface area contributed by atoms with Gasteiger partial charge in [-0.15, -0.1) is 0 Å². The maximum Gasteiger partial charge on any atom is 0.180 e. The van der Waals surface area contributed by atoms with Crippen LogP contribution >= 0.6 is 18.7 Å². The summed E-state index contributed by atoms with van der Waals surface area (Å²) in [6.45, 7) is 0. The summed E-state index contributed by atoms with van der Waals surface area (Å²) in [6.07, 6.45) is 1.59. The van der Waals surface area contributed by atoms with E-state index in [0.717, 1.165) is 21.5 Å². The fraction of sp³-hybridized carbons (Fsp3) is 0.0370. The van der Waals surface area contributed by atoms with Crippen molar-refractivity contribution in [3.05, 3.63) is 126 Å². The standard InChI is InChI=1S/C27H22ClN2OP/c28-23-18-16-22(17-19-23)20-24(31)21-29-30-32(25-10-4-1-5-11-25,26-12-6-2-7-13-26)27-14-8-3-9-15-27/h1-19,21H,20H2. The summed E-state index contributed by atoms with van der Waals surface area (Å²) in [5, 5.41) is 8.26. The number of halogens is 1. The van der Waals surface area contributed by atoms with E-state index >= 15 is 0 Å². The van der Waals surface area contributed by atoms with Gasteiger partial charge in [-0.2, -0.15) is 9.96 Å². The van der Waals surface area contributed by atoms with Crippen molar-refractivity contribution in [3.63, 3.8) is 0 Å². The molecule has 5 heteroatoms. The SMILES string of the molecule is O=C(C=NN=P(c1ccccc1)(c1ccccc1)c1ccccc1)Cc1ccc(Cl)cc1. The Hall–Kier alpha value is -3.26. The molecule has 3 nitrogen and oxygen atoms in total. The Morgan fingerprint density at radius 3 is 1.56 bits per heavy atom. The average molecular weight is 457 g/mol. The molecule has 0 aliphatic rings. The van der Waals surface area contributed by atoms with Crippen LogP contribution in [0.3, 0.4) is 0 Å². The van der Waals surface area contributed by atoms with Crippen molar-refractivity contribution in [3.8, 4) is 0 Å². The normalized spacial score (nSPS) is 11.4. The van der Waals surface area contributed by atoms with Gasteiger partial charge in [0.1, 0.15) is 0 Å². The molecular weight excluding hydrogens is 435 g/mol. The number of hydrogen-bond donors (Lipinski definition) is 0. The van der Waals surface area contributed by atoms with Gasteiger partial charge in [-0.3, -0.25) is 4.79 Å². The molecule has 32 heavy (non-hydrogen) atoms. The second-order valence-electron chi connectivity index (χ2n) is 7.25. The molecule has 0 fully saturated rings. The summed E-state index contributed by atoms with van der Waals surface area (Å²) < 4.78 is 0. The van der Waals surface area contributed by atoms with E-state index in [4.69, 9.17) is 16.5 Å². The number of hydrogen-bond acceptors (Lipinski definition) is 2. The van der Waals surface area contributed by atoms with Gasteiger partial charge in [0, 0.05) is 27.4 Å². The summed E-state index contributed by atoms with van der Waals surface area (Å²) in [5.41, 5.74) is 0.890. The van der Waals surface area contributed by atoms with Crippen LogP contribution in [0.5, 0.6) is 0 Å². The molecule has 0 saturated carbocycles. The van der Waals surface area contributed by atoms with Crippen LogP contribution in [0.25, 0.3) is 0 Å². The Bertz CT molecular complexity index is 1150. The van der Waals surface area contributed by atoms with Gasteiger partial charge in [0.2, 0.25) is 0 Å². The summed E-state index contributed by atoms with van der Waals surface area (Å²) in [5.74, 6) is -0.108. The highest BCUT2D eigenvalue weighted by Gasteiger charge is 2.27. The molecule has 0 heterocycles. The zero-order chi connectivity index (χ0) is 22.2. The summed E-state index contributed by atoms with van der Waals surface area (Å²) in [4.78, 5) is 17.5. The van der Waals surface area contributed by atoms with E-state index in [9.17, 15) is 4.79 Å². The first-order valence-corrected chi connectivity index (χ1v) is 12.4. The van der Waals surface area contributed by atoms with Gasteiger partial charge in [-0.05, 0) is 17.7 Å². The largest absolute Gasteiger partial charge is 0.293 e. The smallest absolute Gasteiger partial charge is 0.180 e. The van der Waals surface area contributed by atoms with Crippen LogP contribution < -0.4 is 15.9 Å². The maximum absolute atomic E-state index is 12.6. The minimum atomic E-state index is -2.44. The topological polar surface area (TPSA) is 41.8 Å². The van der Waals surface area contributed by atoms with Crippen molar-refractivity contribution in [2.75, 3.05) is 0 Å². The molecule has 0 aliphatic heterocycles. The molecule has 0 radical (unpaired) electrons. The van der Waals surface area contributed by atoms with Gasteiger partial charge in [-0.25, -0.2) is 0 Å². The molecule has 0 atom stereocenters. The molecule has 4 aromatic carbocycles. The molecular formula is C27H22ClN2OP. The van der Waals surface area contributed by atoms with Crippen LogP contribution in [0.2, 0.25) is 5.02 Å². The number of carbonyl (C=O) groups excluding carboxylic acids is 1. The Labute approximate surface area is 193 Å². The van der Waals surface area contributed by atoms with Gasteiger partial charge in [0.15, 0.2) is 5.78 Å². The van der Waals surface area contributed by atoms with E-state index in [1.54, 1.807) is 12.1 Å². The van der Waals surface area contributed by atoms with Crippen LogP contribution in [0, 0.1) is 0 Å². The van der Waals surface area contributed by atoms with Crippen molar-refractivity contribution in [1.29, 1.82) is 0 Å². The second-order valence-corrected chi connectivity index (χ2v) is 10.7. The molecule has 0 saturated heterocycles. The molecule has 0 aromatic heterocycles. The summed E-state index contributed by atoms with van der Waals surface area (Å²) in [7, 11) is -2.44. The van der Waals surface area contributed by atoms with Gasteiger partial charge in [0.05, 0.1) is 13.3 Å². The molecule has 4 rings (SSSR count). The first kappa shape index (κ1) is 22.0. The zero-order valence-electron chi connectivity index (χ0n) is 17.4. The number of carbonyl (C=O) groups is 1. The van der Waals surface area contributed by atoms with Crippen LogP contribution in [0.1, 0.15) is 5.56 Å². The number of benzene rings is 4. The molecule has 0 spiro atoms. The minimum absolute atomic E-state index is 0.108. The fourth-order valence-electron chi connectivity index (χ4n) is 3.55. The van der Waals surface area contributed by atoms with Gasteiger partial charge >= 0.3 is 0 Å². The monoisotopic (exact) mass is 456 g/mol. The van der Waals surface area contributed by atoms with Crippen LogP contribution in [-0.2, 0) is 11.2 Å². The Kier molecular flexibility index (Phi) is 7.11. The van der Waals surface area contributed by atoms with Crippen molar-refractivity contribution in [2.24, 2.45) is 9.96 Å². The molecule has 4 aromatic rings. The van der Waals surface area contributed by atoms with Crippen molar-refractivity contribution >= 4 is 46.6 Å². The Morgan fingerprint density at radius 2 is 1.12 bits per heavy atom. The molecule has 158 valence electrons. The number of rotatable bonds is 7. The summed E-state index contributed by atoms with van der Waals surface area (Å²) in [6, 6.07) is 37.8. The fourth-order valence-corrected chi connectivity index (χ4v) is 6.90. The number of Topliss-reactive ketones (excluding diaryl/α,β-unsaturated/α-hetero) is 1. The molecule has 0 aliphatic carbocycles. The molecule has 0 N–H and O–H groups in total. The van der Waals surface area contributed by atoms with E-state index in [0.29, 0.717) is 5.02 Å². The average Bonchev–Trinajstić information content (AvgIpc) is 2.85. The first-order valence-electron chi connectivity index (χ1n) is 10.3. The van der Waals surface area contributed by atoms with E-state index in [1.165, 1.54) is 6.21 Å². The third kappa shape index (κ3) is 4.96. The Morgan fingerprint density at radius 1 is 0.688 bits per heavy atom. The number of nitrogens with zero attached hydrogens (tertiary/aromatic N) is 2. The van der Waals surface area contributed by atoms with E-state index < -0.39 is 7.05 Å². The van der Waals surface area contributed by atoms with Gasteiger partial charge in [0.25, 0.3) is 0 Å². The van der Waals surface area contributed by atoms with Crippen molar-refractivity contribution in [1.82, 2.24) is 0 Å². The summed E-state index contributed by atoms with van der Waals surface area (Å²) >= 11 is 5.93. The van der Waals surface area contributed by atoms with Crippen molar-refractivity contribution in [2.45, 2.75) is 6.42 Å². The van der Waals surface area contributed by atoms with E-state index in [2.05, 4.69) is 41.5 Å². The first-order chi connectivity index (χ1) is 15.7. The van der Waals surface area contributed by atoms with Crippen LogP contribution in [-0.4, -0.2) is 12.0 Å². The third-order valence-corrected chi connectivity index (χ3v) is 8.83. The number of ketones is 1. The zero-order valence-corrected chi connectivity index (χ0v) is 19.0. The molecule has 0 bridgehead atoms. The second kappa shape index (κ2) is 10.4. The van der Waals surface area contributed by atoms with Crippen molar-refractivity contribution < 1.29 is 4.79 Å². The lowest BCUT2D eigenvalue weighted by Gasteiger charge is -2.25.